The maximum Gasteiger partial charge on any atom is 0.244 e. The molecule has 2 N–H and O–H groups in total. The molecule has 6 nitrogen and oxygen atoms in total. The lowest BCUT2D eigenvalue weighted by atomic mass is 10.0. The highest BCUT2D eigenvalue weighted by atomic mass is 32.1. The fourth-order valence-corrected chi connectivity index (χ4v) is 3.55. The number of carbonyl (C=O) groups is 1. The van der Waals surface area contributed by atoms with Gasteiger partial charge in [-0.3, -0.25) is 4.79 Å². The number of carbonyl (C=O) groups excluding carboxylic acids is 1. The number of hydrogen-bond donors (Lipinski definition) is 1. The number of piperazine rings is 1. The van der Waals surface area contributed by atoms with Crippen LogP contribution in [-0.4, -0.2) is 46.3 Å². The van der Waals surface area contributed by atoms with Crippen LogP contribution in [0.25, 0.3) is 0 Å². The van der Waals surface area contributed by atoms with E-state index in [0.717, 1.165) is 41.6 Å². The smallest absolute Gasteiger partial charge is 0.244 e. The number of aromatic nitrogens is 2. The van der Waals surface area contributed by atoms with Gasteiger partial charge in [-0.2, -0.15) is 4.37 Å². The van der Waals surface area contributed by atoms with Crippen LogP contribution in [0.3, 0.4) is 0 Å². The third-order valence-corrected chi connectivity index (χ3v) is 5.15. The van der Waals surface area contributed by atoms with Gasteiger partial charge in [-0.25, -0.2) is 4.98 Å². The molecule has 128 valence electrons. The Morgan fingerprint density at radius 2 is 1.92 bits per heavy atom. The van der Waals surface area contributed by atoms with Crippen LogP contribution in [0.1, 0.15) is 29.9 Å². The van der Waals surface area contributed by atoms with Crippen molar-refractivity contribution in [3.05, 3.63) is 41.2 Å². The zero-order chi connectivity index (χ0) is 17.1. The summed E-state index contributed by atoms with van der Waals surface area (Å²) in [6.45, 7) is 6.94. The summed E-state index contributed by atoms with van der Waals surface area (Å²) in [5, 5.41) is 0.946. The first kappa shape index (κ1) is 16.9. The number of rotatable bonds is 4. The van der Waals surface area contributed by atoms with Gasteiger partial charge in [-0.1, -0.05) is 36.8 Å². The van der Waals surface area contributed by atoms with E-state index in [1.54, 1.807) is 0 Å². The molecular weight excluding hydrogens is 322 g/mol. The number of anilines is 1. The van der Waals surface area contributed by atoms with Gasteiger partial charge in [0.25, 0.3) is 0 Å². The zero-order valence-corrected chi connectivity index (χ0v) is 14.9. The SMILES string of the molecule is CCc1nsc(N2CCN(C(=O)C(N)c3ccc(C)cc3)CC2)n1. The Labute approximate surface area is 146 Å². The van der Waals surface area contributed by atoms with Gasteiger partial charge in [0.1, 0.15) is 11.9 Å². The number of hydrogen-bond acceptors (Lipinski definition) is 6. The van der Waals surface area contributed by atoms with Crippen molar-refractivity contribution in [2.75, 3.05) is 31.1 Å². The van der Waals surface area contributed by atoms with Gasteiger partial charge in [-0.15, -0.1) is 0 Å². The second kappa shape index (κ2) is 7.27. The van der Waals surface area contributed by atoms with E-state index in [2.05, 4.69) is 21.2 Å². The largest absolute Gasteiger partial charge is 0.343 e. The van der Waals surface area contributed by atoms with Gasteiger partial charge in [0.15, 0.2) is 0 Å². The van der Waals surface area contributed by atoms with Crippen molar-refractivity contribution in [1.82, 2.24) is 14.3 Å². The molecule has 1 saturated heterocycles. The van der Waals surface area contributed by atoms with Crippen LogP contribution in [0.5, 0.6) is 0 Å². The van der Waals surface area contributed by atoms with Gasteiger partial charge >= 0.3 is 0 Å². The van der Waals surface area contributed by atoms with Crippen molar-refractivity contribution in [3.8, 4) is 0 Å². The molecule has 0 saturated carbocycles. The summed E-state index contributed by atoms with van der Waals surface area (Å²) in [6.07, 6.45) is 0.848. The van der Waals surface area contributed by atoms with E-state index >= 15 is 0 Å². The molecule has 1 aromatic heterocycles. The Morgan fingerprint density at radius 3 is 2.50 bits per heavy atom. The number of nitrogens with zero attached hydrogens (tertiary/aromatic N) is 4. The first-order valence-electron chi connectivity index (χ1n) is 8.27. The van der Waals surface area contributed by atoms with Crippen LogP contribution < -0.4 is 10.6 Å². The minimum absolute atomic E-state index is 0.00925. The molecule has 2 heterocycles. The first-order valence-corrected chi connectivity index (χ1v) is 9.04. The van der Waals surface area contributed by atoms with Gasteiger partial charge in [0, 0.05) is 44.1 Å². The van der Waals surface area contributed by atoms with Crippen molar-refractivity contribution in [2.45, 2.75) is 26.3 Å². The van der Waals surface area contributed by atoms with Crippen molar-refractivity contribution in [2.24, 2.45) is 5.73 Å². The van der Waals surface area contributed by atoms with Crippen LogP contribution in [0, 0.1) is 6.92 Å². The second-order valence-corrected chi connectivity index (χ2v) is 6.78. The maximum atomic E-state index is 12.6. The molecule has 1 atom stereocenters. The predicted octanol–water partition coefficient (Wildman–Crippen LogP) is 1.76. The van der Waals surface area contributed by atoms with E-state index in [1.165, 1.54) is 11.5 Å². The summed E-state index contributed by atoms with van der Waals surface area (Å²) in [5.74, 6) is 0.875. The summed E-state index contributed by atoms with van der Waals surface area (Å²) < 4.78 is 4.33. The number of benzene rings is 1. The minimum atomic E-state index is -0.592. The van der Waals surface area contributed by atoms with Gasteiger partial charge in [-0.05, 0) is 12.5 Å². The third kappa shape index (κ3) is 3.57. The normalized spacial score (nSPS) is 16.3. The van der Waals surface area contributed by atoms with Crippen molar-refractivity contribution >= 4 is 22.6 Å². The molecule has 2 aromatic rings. The van der Waals surface area contributed by atoms with E-state index in [1.807, 2.05) is 36.1 Å². The molecule has 1 amide bonds. The van der Waals surface area contributed by atoms with E-state index in [0.29, 0.717) is 13.1 Å². The molecule has 0 aliphatic carbocycles. The van der Waals surface area contributed by atoms with Crippen molar-refractivity contribution in [3.63, 3.8) is 0 Å². The summed E-state index contributed by atoms with van der Waals surface area (Å²) in [4.78, 5) is 21.2. The maximum absolute atomic E-state index is 12.6. The Hall–Kier alpha value is -1.99. The monoisotopic (exact) mass is 345 g/mol. The molecule has 1 fully saturated rings. The molecule has 3 rings (SSSR count). The van der Waals surface area contributed by atoms with Gasteiger partial charge in [0.2, 0.25) is 11.0 Å². The summed E-state index contributed by atoms with van der Waals surface area (Å²) in [6, 6.07) is 7.25. The number of aryl methyl sites for hydroxylation is 2. The highest BCUT2D eigenvalue weighted by Crippen LogP contribution is 2.21. The number of amides is 1. The topological polar surface area (TPSA) is 75.4 Å². The van der Waals surface area contributed by atoms with Crippen LogP contribution in [-0.2, 0) is 11.2 Å². The first-order chi connectivity index (χ1) is 11.6. The Bertz CT molecular complexity index is 691. The van der Waals surface area contributed by atoms with Crippen molar-refractivity contribution < 1.29 is 4.79 Å². The molecule has 0 radical (unpaired) electrons. The van der Waals surface area contributed by atoms with E-state index in [9.17, 15) is 4.79 Å². The molecular formula is C17H23N5OS. The molecule has 0 spiro atoms. The molecule has 1 aliphatic heterocycles. The minimum Gasteiger partial charge on any atom is -0.343 e. The molecule has 0 bridgehead atoms. The average molecular weight is 345 g/mol. The van der Waals surface area contributed by atoms with Crippen LogP contribution in [0.15, 0.2) is 24.3 Å². The lowest BCUT2D eigenvalue weighted by Crippen LogP contribution is -2.51. The van der Waals surface area contributed by atoms with Gasteiger partial charge in [0.05, 0.1) is 0 Å². The Balaban J connectivity index is 1.59. The summed E-state index contributed by atoms with van der Waals surface area (Å²) in [5.41, 5.74) is 8.19. The quantitative estimate of drug-likeness (QED) is 0.914. The van der Waals surface area contributed by atoms with Crippen LogP contribution in [0.2, 0.25) is 0 Å². The summed E-state index contributed by atoms with van der Waals surface area (Å²) in [7, 11) is 0. The van der Waals surface area contributed by atoms with Crippen LogP contribution >= 0.6 is 11.5 Å². The zero-order valence-electron chi connectivity index (χ0n) is 14.1. The molecule has 24 heavy (non-hydrogen) atoms. The van der Waals surface area contributed by atoms with E-state index < -0.39 is 6.04 Å². The van der Waals surface area contributed by atoms with E-state index in [4.69, 9.17) is 5.73 Å². The second-order valence-electron chi connectivity index (χ2n) is 6.05. The fourth-order valence-electron chi connectivity index (χ4n) is 2.75. The number of nitrogens with two attached hydrogens (primary N) is 1. The summed E-state index contributed by atoms with van der Waals surface area (Å²) >= 11 is 1.43. The Morgan fingerprint density at radius 1 is 1.25 bits per heavy atom. The van der Waals surface area contributed by atoms with Crippen LogP contribution in [0.4, 0.5) is 5.13 Å². The third-order valence-electron chi connectivity index (χ3n) is 4.34. The lowest BCUT2D eigenvalue weighted by Gasteiger charge is -2.35. The van der Waals surface area contributed by atoms with E-state index in [-0.39, 0.29) is 5.91 Å². The lowest BCUT2D eigenvalue weighted by molar-refractivity contribution is -0.133. The molecule has 1 aromatic carbocycles. The molecule has 7 heteroatoms. The highest BCUT2D eigenvalue weighted by Gasteiger charge is 2.27. The van der Waals surface area contributed by atoms with Crippen molar-refractivity contribution in [1.29, 1.82) is 0 Å². The Kier molecular flexibility index (Phi) is 5.11. The molecule has 1 unspecified atom stereocenters. The highest BCUT2D eigenvalue weighted by molar-refractivity contribution is 7.09. The van der Waals surface area contributed by atoms with Gasteiger partial charge < -0.3 is 15.5 Å². The average Bonchev–Trinajstić information content (AvgIpc) is 3.10. The predicted molar refractivity (Wildman–Crippen MR) is 96.2 cm³/mol. The fraction of sp³-hybridized carbons (Fsp3) is 0.471. The molecule has 1 aliphatic rings. The standard InChI is InChI=1S/C17H23N5OS/c1-3-14-19-17(24-20-14)22-10-8-21(9-11-22)16(23)15(18)13-6-4-12(2)5-7-13/h4-7,15H,3,8-11,18H2,1-2H3.